The largest absolute Gasteiger partial charge is 0.372 e. The Morgan fingerprint density at radius 2 is 1.68 bits per heavy atom. The lowest BCUT2D eigenvalue weighted by molar-refractivity contribution is -0.136. The van der Waals surface area contributed by atoms with Gasteiger partial charge in [-0.25, -0.2) is 4.39 Å². The first-order valence-electron chi connectivity index (χ1n) is 8.63. The maximum atomic E-state index is 13.3. The molecule has 1 aliphatic heterocycles. The number of halogens is 1. The van der Waals surface area contributed by atoms with Crippen molar-refractivity contribution in [2.45, 2.75) is 5.60 Å². The van der Waals surface area contributed by atoms with Crippen molar-refractivity contribution in [2.75, 3.05) is 19.6 Å². The van der Waals surface area contributed by atoms with Gasteiger partial charge in [-0.3, -0.25) is 4.79 Å². The van der Waals surface area contributed by atoms with E-state index in [0.29, 0.717) is 35.4 Å². The van der Waals surface area contributed by atoms with Crippen LogP contribution in [-0.4, -0.2) is 30.6 Å². The number of benzene rings is 2. The fraction of sp³-hybridized carbons (Fsp3) is 0.350. The molecular formula is C20H21FN2O2. The first-order chi connectivity index (χ1) is 12.1. The highest BCUT2D eigenvalue weighted by molar-refractivity contribution is 5.90. The van der Waals surface area contributed by atoms with Crippen LogP contribution in [-0.2, 0) is 10.4 Å². The number of carbonyl (C=O) groups is 1. The Labute approximate surface area is 146 Å². The predicted octanol–water partition coefficient (Wildman–Crippen LogP) is 1.64. The Kier molecular flexibility index (Phi) is 4.06. The van der Waals surface area contributed by atoms with E-state index in [1.54, 1.807) is 24.3 Å². The van der Waals surface area contributed by atoms with Crippen molar-refractivity contribution in [2.24, 2.45) is 17.8 Å². The van der Waals surface area contributed by atoms with E-state index < -0.39 is 17.3 Å². The van der Waals surface area contributed by atoms with E-state index in [1.807, 2.05) is 6.07 Å². The van der Waals surface area contributed by atoms with Crippen LogP contribution in [0.25, 0.3) is 0 Å². The number of rotatable bonds is 5. The van der Waals surface area contributed by atoms with Gasteiger partial charge in [-0.1, -0.05) is 42.5 Å². The molecule has 4 atom stereocenters. The average Bonchev–Trinajstić information content (AvgIpc) is 3.07. The lowest BCUT2D eigenvalue weighted by Gasteiger charge is -2.28. The second kappa shape index (κ2) is 6.24. The van der Waals surface area contributed by atoms with Crippen LogP contribution in [0.15, 0.2) is 54.6 Å². The summed E-state index contributed by atoms with van der Waals surface area (Å²) in [6.45, 7) is 2.57. The van der Waals surface area contributed by atoms with E-state index >= 15 is 0 Å². The van der Waals surface area contributed by atoms with Gasteiger partial charge in [0.25, 0.3) is 5.91 Å². The summed E-state index contributed by atoms with van der Waals surface area (Å²) in [4.78, 5) is 12.9. The Morgan fingerprint density at radius 3 is 2.32 bits per heavy atom. The van der Waals surface area contributed by atoms with Crippen molar-refractivity contribution in [1.29, 1.82) is 0 Å². The zero-order valence-electron chi connectivity index (χ0n) is 13.8. The van der Waals surface area contributed by atoms with Crippen molar-refractivity contribution in [3.05, 3.63) is 71.5 Å². The van der Waals surface area contributed by atoms with Crippen molar-refractivity contribution in [3.8, 4) is 0 Å². The summed E-state index contributed by atoms with van der Waals surface area (Å²) < 4.78 is 13.3. The highest BCUT2D eigenvalue weighted by atomic mass is 19.1. The van der Waals surface area contributed by atoms with Crippen LogP contribution in [0.3, 0.4) is 0 Å². The first kappa shape index (κ1) is 16.2. The number of hydrogen-bond acceptors (Lipinski definition) is 3. The maximum absolute atomic E-state index is 13.3. The average molecular weight is 340 g/mol. The van der Waals surface area contributed by atoms with E-state index in [9.17, 15) is 14.3 Å². The smallest absolute Gasteiger partial charge is 0.261 e. The lowest BCUT2D eigenvalue weighted by Crippen LogP contribution is -2.46. The molecule has 5 heteroatoms. The Balaban J connectivity index is 1.58. The Hall–Kier alpha value is -2.24. The molecule has 1 saturated heterocycles. The van der Waals surface area contributed by atoms with Crippen LogP contribution >= 0.6 is 0 Å². The van der Waals surface area contributed by atoms with Crippen molar-refractivity contribution >= 4 is 5.91 Å². The monoisotopic (exact) mass is 340 g/mol. The van der Waals surface area contributed by atoms with Crippen LogP contribution in [0, 0.1) is 23.6 Å². The quantitative estimate of drug-likeness (QED) is 0.776. The molecule has 0 bridgehead atoms. The molecule has 0 spiro atoms. The van der Waals surface area contributed by atoms with Crippen molar-refractivity contribution < 1.29 is 14.3 Å². The van der Waals surface area contributed by atoms with Gasteiger partial charge in [-0.2, -0.15) is 0 Å². The van der Waals surface area contributed by atoms with Crippen LogP contribution in [0.2, 0.25) is 0 Å². The molecule has 2 aromatic rings. The number of piperidine rings is 1. The molecule has 0 unspecified atom stereocenters. The number of aliphatic hydroxyl groups is 1. The minimum atomic E-state index is -1.84. The molecule has 0 aromatic heterocycles. The van der Waals surface area contributed by atoms with Crippen LogP contribution in [0.4, 0.5) is 4.39 Å². The summed E-state index contributed by atoms with van der Waals surface area (Å²) >= 11 is 0. The van der Waals surface area contributed by atoms with Gasteiger partial charge in [0.2, 0.25) is 0 Å². The third kappa shape index (κ3) is 2.83. The van der Waals surface area contributed by atoms with Crippen LogP contribution in [0.1, 0.15) is 11.1 Å². The molecule has 25 heavy (non-hydrogen) atoms. The Bertz CT molecular complexity index is 755. The molecule has 2 aromatic carbocycles. The number of hydrogen-bond donors (Lipinski definition) is 3. The number of fused-ring (bicyclic) bond motifs is 1. The molecule has 3 N–H and O–H groups in total. The Morgan fingerprint density at radius 1 is 1.08 bits per heavy atom. The predicted molar refractivity (Wildman–Crippen MR) is 92.2 cm³/mol. The molecule has 4 rings (SSSR count). The normalized spacial score (nSPS) is 26.6. The van der Waals surface area contributed by atoms with Gasteiger partial charge in [0.1, 0.15) is 5.82 Å². The van der Waals surface area contributed by atoms with Gasteiger partial charge in [0.15, 0.2) is 5.60 Å². The van der Waals surface area contributed by atoms with E-state index in [2.05, 4.69) is 10.6 Å². The highest BCUT2D eigenvalue weighted by Crippen LogP contribution is 2.48. The molecule has 1 heterocycles. The summed E-state index contributed by atoms with van der Waals surface area (Å²) in [5, 5.41) is 17.5. The van der Waals surface area contributed by atoms with E-state index in [0.717, 1.165) is 13.1 Å². The molecule has 2 fully saturated rings. The summed E-state index contributed by atoms with van der Waals surface area (Å²) in [7, 11) is 0. The minimum Gasteiger partial charge on any atom is -0.372 e. The summed E-state index contributed by atoms with van der Waals surface area (Å²) in [5.74, 6) is 0.881. The molecule has 4 nitrogen and oxygen atoms in total. The van der Waals surface area contributed by atoms with Crippen molar-refractivity contribution in [1.82, 2.24) is 10.6 Å². The van der Waals surface area contributed by atoms with Gasteiger partial charge in [0, 0.05) is 6.54 Å². The number of amides is 1. The van der Waals surface area contributed by atoms with Gasteiger partial charge >= 0.3 is 0 Å². The maximum Gasteiger partial charge on any atom is 0.261 e. The second-order valence-electron chi connectivity index (χ2n) is 6.94. The molecule has 1 saturated carbocycles. The highest BCUT2D eigenvalue weighted by Gasteiger charge is 2.53. The van der Waals surface area contributed by atoms with E-state index in [-0.39, 0.29) is 0 Å². The lowest BCUT2D eigenvalue weighted by atomic mass is 9.85. The molecule has 130 valence electrons. The molecule has 2 aliphatic rings. The summed E-state index contributed by atoms with van der Waals surface area (Å²) in [6.07, 6.45) is 0. The molecule has 0 radical (unpaired) electrons. The van der Waals surface area contributed by atoms with E-state index in [1.165, 1.54) is 24.3 Å². The third-order valence-corrected chi connectivity index (χ3v) is 5.55. The van der Waals surface area contributed by atoms with Gasteiger partial charge in [0.05, 0.1) is 0 Å². The molecule has 1 aliphatic carbocycles. The molecule has 1 amide bonds. The summed E-state index contributed by atoms with van der Waals surface area (Å²) in [6, 6.07) is 14.2. The summed E-state index contributed by atoms with van der Waals surface area (Å²) in [5.41, 5.74) is -1.01. The van der Waals surface area contributed by atoms with Gasteiger partial charge in [-0.05, 0) is 54.1 Å². The topological polar surface area (TPSA) is 61.4 Å². The number of nitrogens with one attached hydrogen (secondary N) is 2. The van der Waals surface area contributed by atoms with Crippen LogP contribution in [0.5, 0.6) is 0 Å². The standard InChI is InChI=1S/C20H21FN2O2/c21-15-8-6-14(7-9-15)20(25,13-4-2-1-3-5-13)19(24)23-12-18-16-10-22-11-17(16)18/h1-9,16-18,22,25H,10-12H2,(H,23,24)/t16-,17+,18+,20-/m1/s1. The van der Waals surface area contributed by atoms with Crippen molar-refractivity contribution in [3.63, 3.8) is 0 Å². The first-order valence-corrected chi connectivity index (χ1v) is 8.63. The van der Waals surface area contributed by atoms with Gasteiger partial charge in [-0.15, -0.1) is 0 Å². The SMILES string of the molecule is O=C(NC[C@H]1[C@@H]2CNC[C@@H]21)[C@@](O)(c1ccccc1)c1ccc(F)cc1. The second-order valence-corrected chi connectivity index (χ2v) is 6.94. The number of carbonyl (C=O) groups excluding carboxylic acids is 1. The fourth-order valence-electron chi connectivity index (χ4n) is 3.99. The third-order valence-electron chi connectivity index (χ3n) is 5.55. The minimum absolute atomic E-state index is 0.357. The van der Waals surface area contributed by atoms with Crippen LogP contribution < -0.4 is 10.6 Å². The fourth-order valence-corrected chi connectivity index (χ4v) is 3.99. The zero-order chi connectivity index (χ0) is 17.4. The van der Waals surface area contributed by atoms with Gasteiger partial charge < -0.3 is 15.7 Å². The van der Waals surface area contributed by atoms with E-state index in [4.69, 9.17) is 0 Å². The molecular weight excluding hydrogens is 319 g/mol. The zero-order valence-corrected chi connectivity index (χ0v) is 13.8.